The predicted molar refractivity (Wildman–Crippen MR) is 165 cm³/mol. The van der Waals surface area contributed by atoms with Crippen LogP contribution in [0.2, 0.25) is 0 Å². The van der Waals surface area contributed by atoms with Crippen molar-refractivity contribution in [2.75, 3.05) is 16.4 Å². The van der Waals surface area contributed by atoms with E-state index < -0.39 is 11.8 Å². The third kappa shape index (κ3) is 7.44. The molecule has 8 nitrogen and oxygen atoms in total. The van der Waals surface area contributed by atoms with Gasteiger partial charge in [-0.2, -0.15) is 0 Å². The summed E-state index contributed by atoms with van der Waals surface area (Å²) in [6.45, 7) is 1.82. The van der Waals surface area contributed by atoms with E-state index in [1.165, 1.54) is 23.1 Å². The molecule has 5 aromatic rings. The Bertz CT molecular complexity index is 1750. The number of anilines is 2. The van der Waals surface area contributed by atoms with Crippen LogP contribution in [0.15, 0.2) is 108 Å². The van der Waals surface area contributed by atoms with Crippen molar-refractivity contribution >= 4 is 68.5 Å². The first kappa shape index (κ1) is 27.8. The summed E-state index contributed by atoms with van der Waals surface area (Å²) in [5.41, 5.74) is 1.85. The molecule has 0 radical (unpaired) electrons. The van der Waals surface area contributed by atoms with Crippen LogP contribution in [0, 0.1) is 6.92 Å². The summed E-state index contributed by atoms with van der Waals surface area (Å²) < 4.78 is 0. The number of rotatable bonds is 9. The first-order valence-electron chi connectivity index (χ1n) is 12.6. The van der Waals surface area contributed by atoms with Gasteiger partial charge in [0.2, 0.25) is 11.0 Å². The van der Waals surface area contributed by atoms with Crippen LogP contribution in [-0.2, 0) is 9.59 Å². The Morgan fingerprint density at radius 3 is 2.41 bits per heavy atom. The molecule has 3 N–H and O–H groups in total. The van der Waals surface area contributed by atoms with Crippen LogP contribution in [0.3, 0.4) is 0 Å². The molecule has 0 saturated carbocycles. The summed E-state index contributed by atoms with van der Waals surface area (Å²) in [6, 6.07) is 29.5. The van der Waals surface area contributed by atoms with Crippen molar-refractivity contribution in [3.63, 3.8) is 0 Å². The van der Waals surface area contributed by atoms with Gasteiger partial charge in [0.15, 0.2) is 0 Å². The second-order valence-electron chi connectivity index (χ2n) is 8.89. The maximum Gasteiger partial charge on any atom is 0.272 e. The van der Waals surface area contributed by atoms with Gasteiger partial charge >= 0.3 is 0 Å². The lowest BCUT2D eigenvalue weighted by Crippen LogP contribution is -2.30. The molecular formula is C31H25N5O3S2. The van der Waals surface area contributed by atoms with E-state index in [0.717, 1.165) is 26.2 Å². The van der Waals surface area contributed by atoms with Gasteiger partial charge in [0, 0.05) is 16.1 Å². The Hall–Kier alpha value is -4.80. The molecule has 204 valence electrons. The number of hydrogen-bond donors (Lipinski definition) is 3. The molecular weight excluding hydrogens is 555 g/mol. The largest absolute Gasteiger partial charge is 0.321 e. The summed E-state index contributed by atoms with van der Waals surface area (Å²) >= 11 is 2.63. The van der Waals surface area contributed by atoms with Crippen LogP contribution in [0.25, 0.3) is 16.8 Å². The van der Waals surface area contributed by atoms with Gasteiger partial charge in [-0.15, -0.1) is 22.0 Å². The molecule has 0 saturated heterocycles. The van der Waals surface area contributed by atoms with Crippen molar-refractivity contribution in [1.29, 1.82) is 0 Å². The topological polar surface area (TPSA) is 113 Å². The zero-order valence-corrected chi connectivity index (χ0v) is 23.6. The lowest BCUT2D eigenvalue weighted by molar-refractivity contribution is -0.114. The number of thioether (sulfide) groups is 1. The number of amides is 3. The molecule has 0 bridgehead atoms. The highest BCUT2D eigenvalue weighted by Crippen LogP contribution is 2.24. The monoisotopic (exact) mass is 579 g/mol. The van der Waals surface area contributed by atoms with E-state index in [2.05, 4.69) is 26.1 Å². The number of carbonyl (C=O) groups excluding carboxylic acids is 3. The lowest BCUT2D eigenvalue weighted by atomic mass is 10.0. The second-order valence-corrected chi connectivity index (χ2v) is 11.1. The van der Waals surface area contributed by atoms with Crippen LogP contribution >= 0.6 is 23.1 Å². The van der Waals surface area contributed by atoms with Crippen molar-refractivity contribution in [3.05, 3.63) is 119 Å². The third-order valence-corrected chi connectivity index (χ3v) is 7.63. The maximum absolute atomic E-state index is 13.5. The first-order chi connectivity index (χ1) is 19.9. The third-order valence-electron chi connectivity index (χ3n) is 5.89. The molecule has 3 amide bonds. The van der Waals surface area contributed by atoms with Gasteiger partial charge in [-0.25, -0.2) is 0 Å². The van der Waals surface area contributed by atoms with E-state index in [4.69, 9.17) is 0 Å². The van der Waals surface area contributed by atoms with E-state index >= 15 is 0 Å². The molecule has 0 aliphatic rings. The van der Waals surface area contributed by atoms with Gasteiger partial charge in [-0.05, 0) is 59.7 Å². The van der Waals surface area contributed by atoms with Crippen LogP contribution in [0.4, 0.5) is 10.8 Å². The van der Waals surface area contributed by atoms with Crippen molar-refractivity contribution < 1.29 is 14.4 Å². The van der Waals surface area contributed by atoms with E-state index in [1.54, 1.807) is 48.5 Å². The number of carbonyl (C=O) groups is 3. The summed E-state index contributed by atoms with van der Waals surface area (Å²) in [5.74, 6) is -0.915. The molecule has 0 spiro atoms. The molecule has 41 heavy (non-hydrogen) atoms. The minimum atomic E-state index is -0.478. The molecule has 5 rings (SSSR count). The van der Waals surface area contributed by atoms with Gasteiger partial charge in [0.05, 0.1) is 5.75 Å². The van der Waals surface area contributed by atoms with E-state index in [-0.39, 0.29) is 17.4 Å². The van der Waals surface area contributed by atoms with E-state index in [9.17, 15) is 14.4 Å². The van der Waals surface area contributed by atoms with Crippen LogP contribution < -0.4 is 16.0 Å². The Labute approximate surface area is 244 Å². The molecule has 0 aliphatic heterocycles. The number of aryl methyl sites for hydroxylation is 1. The Morgan fingerprint density at radius 1 is 0.854 bits per heavy atom. The predicted octanol–water partition coefficient (Wildman–Crippen LogP) is 6.14. The zero-order chi connectivity index (χ0) is 28.6. The van der Waals surface area contributed by atoms with E-state index in [0.29, 0.717) is 16.4 Å². The lowest BCUT2D eigenvalue weighted by Gasteiger charge is -2.13. The first-order valence-corrected chi connectivity index (χ1v) is 14.4. The Kier molecular flexibility index (Phi) is 8.82. The molecule has 10 heteroatoms. The standard InChI is InChI=1S/C31H25N5O3S2/c1-20-35-36-31(41-20)34-28(37)19-40-25-15-8-14-24(18-25)32-30(39)27(33-29(38)22-10-3-2-4-11-22)17-23-13-7-12-21-9-5-6-16-26(21)23/h2-18H,19H2,1H3,(H,32,39)(H,33,38)(H,34,36,37)/b27-17+. The SMILES string of the molecule is Cc1nnc(NC(=O)CSc2cccc(NC(=O)/C(=C\c3cccc4ccccc34)NC(=O)c3ccccc3)c2)s1. The number of fused-ring (bicyclic) bond motifs is 1. The summed E-state index contributed by atoms with van der Waals surface area (Å²) in [4.78, 5) is 39.7. The van der Waals surface area contributed by atoms with Crippen molar-refractivity contribution in [2.45, 2.75) is 11.8 Å². The number of aromatic nitrogens is 2. The number of hydrogen-bond acceptors (Lipinski definition) is 7. The average Bonchev–Trinajstić information content (AvgIpc) is 3.40. The molecule has 1 aromatic heterocycles. The number of benzene rings is 4. The van der Waals surface area contributed by atoms with Gasteiger partial charge < -0.3 is 10.6 Å². The molecule has 0 unspecified atom stereocenters. The summed E-state index contributed by atoms with van der Waals surface area (Å²) in [5, 5.41) is 19.4. The number of nitrogens with zero attached hydrogens (tertiary/aromatic N) is 2. The van der Waals surface area contributed by atoms with Crippen LogP contribution in [0.5, 0.6) is 0 Å². The van der Waals surface area contributed by atoms with Gasteiger partial charge in [-0.3, -0.25) is 19.7 Å². The molecule has 4 aromatic carbocycles. The fourth-order valence-corrected chi connectivity index (χ4v) is 5.35. The van der Waals surface area contributed by atoms with Crippen molar-refractivity contribution in [2.24, 2.45) is 0 Å². The van der Waals surface area contributed by atoms with Crippen molar-refractivity contribution in [3.8, 4) is 0 Å². The number of nitrogens with one attached hydrogen (secondary N) is 3. The zero-order valence-electron chi connectivity index (χ0n) is 22.0. The maximum atomic E-state index is 13.5. The molecule has 1 heterocycles. The normalized spacial score (nSPS) is 11.2. The Balaban J connectivity index is 1.34. The second kappa shape index (κ2) is 13.0. The van der Waals surface area contributed by atoms with Gasteiger partial charge in [0.1, 0.15) is 10.7 Å². The van der Waals surface area contributed by atoms with Gasteiger partial charge in [0.25, 0.3) is 11.8 Å². The minimum absolute atomic E-state index is 0.0972. The van der Waals surface area contributed by atoms with Crippen LogP contribution in [0.1, 0.15) is 20.9 Å². The molecule has 0 fully saturated rings. The minimum Gasteiger partial charge on any atom is -0.321 e. The fourth-order valence-electron chi connectivity index (χ4n) is 3.99. The summed E-state index contributed by atoms with van der Waals surface area (Å²) in [7, 11) is 0. The molecule has 0 aliphatic carbocycles. The summed E-state index contributed by atoms with van der Waals surface area (Å²) in [6.07, 6.45) is 1.68. The van der Waals surface area contributed by atoms with Crippen molar-refractivity contribution in [1.82, 2.24) is 15.5 Å². The highest BCUT2D eigenvalue weighted by atomic mass is 32.2. The van der Waals surface area contributed by atoms with Gasteiger partial charge in [-0.1, -0.05) is 78.1 Å². The van der Waals surface area contributed by atoms with E-state index in [1.807, 2.05) is 61.5 Å². The fraction of sp³-hybridized carbons (Fsp3) is 0.0645. The quantitative estimate of drug-likeness (QED) is 0.143. The average molecular weight is 580 g/mol. The smallest absolute Gasteiger partial charge is 0.272 e. The highest BCUT2D eigenvalue weighted by Gasteiger charge is 2.16. The highest BCUT2D eigenvalue weighted by molar-refractivity contribution is 8.00. The Morgan fingerprint density at radius 2 is 1.61 bits per heavy atom. The van der Waals surface area contributed by atoms with Crippen LogP contribution in [-0.4, -0.2) is 33.7 Å². The molecule has 0 atom stereocenters.